The molecule has 3 heteroatoms. The van der Waals surface area contributed by atoms with Gasteiger partial charge in [0, 0.05) is 0 Å². The molecule has 0 aromatic carbocycles. The summed E-state index contributed by atoms with van der Waals surface area (Å²) in [5, 5.41) is 6.45. The number of esters is 1. The van der Waals surface area contributed by atoms with Crippen LogP contribution in [0.5, 0.6) is 0 Å². The van der Waals surface area contributed by atoms with Crippen LogP contribution in [0.1, 0.15) is 13.8 Å². The number of ether oxygens (including phenoxy) is 1. The minimum absolute atomic E-state index is 0.342. The molecular formula is C6H11NO2. The van der Waals surface area contributed by atoms with Gasteiger partial charge < -0.3 is 10.1 Å². The highest BCUT2D eigenvalue weighted by molar-refractivity contribution is 6.21. The zero-order valence-electron chi connectivity index (χ0n) is 5.68. The lowest BCUT2D eigenvalue weighted by molar-refractivity contribution is -0.136. The van der Waals surface area contributed by atoms with Crippen molar-refractivity contribution in [1.29, 1.82) is 5.41 Å². The Morgan fingerprint density at radius 2 is 2.33 bits per heavy atom. The minimum Gasteiger partial charge on any atom is -0.461 e. The highest BCUT2D eigenvalue weighted by atomic mass is 16.5. The summed E-state index contributed by atoms with van der Waals surface area (Å²) in [5.74, 6) is -0.224. The predicted molar refractivity (Wildman–Crippen MR) is 34.6 cm³/mol. The Hall–Kier alpha value is -0.860. The predicted octanol–water partition coefficient (Wildman–Crippen LogP) is 0.835. The maximum absolute atomic E-state index is 10.3. The summed E-state index contributed by atoms with van der Waals surface area (Å²) in [6, 6.07) is 0. The molecule has 0 rings (SSSR count). The maximum Gasteiger partial charge on any atom is 0.348 e. The Balaban J connectivity index is 3.27. The molecule has 0 radical (unpaired) electrons. The fourth-order valence-electron chi connectivity index (χ4n) is 0.290. The van der Waals surface area contributed by atoms with Crippen molar-refractivity contribution >= 4 is 12.2 Å². The Labute approximate surface area is 54.5 Å². The zero-order chi connectivity index (χ0) is 7.28. The van der Waals surface area contributed by atoms with Gasteiger partial charge in [-0.1, -0.05) is 13.8 Å². The van der Waals surface area contributed by atoms with Gasteiger partial charge in [-0.25, -0.2) is 4.79 Å². The molecule has 0 aliphatic heterocycles. The van der Waals surface area contributed by atoms with Crippen molar-refractivity contribution in [3.05, 3.63) is 0 Å². The summed E-state index contributed by atoms with van der Waals surface area (Å²) in [7, 11) is 0. The van der Waals surface area contributed by atoms with Crippen molar-refractivity contribution in [1.82, 2.24) is 0 Å². The number of hydrogen-bond acceptors (Lipinski definition) is 3. The third kappa shape index (κ3) is 5.00. The third-order valence-corrected chi connectivity index (χ3v) is 0.677. The average Bonchev–Trinajstić information content (AvgIpc) is 1.83. The van der Waals surface area contributed by atoms with Gasteiger partial charge in [-0.2, -0.15) is 0 Å². The smallest absolute Gasteiger partial charge is 0.348 e. The summed E-state index contributed by atoms with van der Waals surface area (Å²) in [4.78, 5) is 10.3. The Morgan fingerprint density at radius 3 is 2.67 bits per heavy atom. The monoisotopic (exact) mass is 129 g/mol. The van der Waals surface area contributed by atoms with Crippen molar-refractivity contribution in [3.8, 4) is 0 Å². The number of carbonyl (C=O) groups is 1. The molecule has 1 N–H and O–H groups in total. The molecule has 52 valence electrons. The van der Waals surface area contributed by atoms with Gasteiger partial charge in [0.2, 0.25) is 0 Å². The van der Waals surface area contributed by atoms with Gasteiger partial charge in [0.25, 0.3) is 0 Å². The van der Waals surface area contributed by atoms with Crippen LogP contribution in [0.25, 0.3) is 0 Å². The van der Waals surface area contributed by atoms with E-state index in [2.05, 4.69) is 4.74 Å². The number of rotatable bonds is 3. The molecule has 0 heterocycles. The summed E-state index contributed by atoms with van der Waals surface area (Å²) in [6.07, 6.45) is 0.669. The summed E-state index contributed by atoms with van der Waals surface area (Å²) >= 11 is 0. The van der Waals surface area contributed by atoms with Gasteiger partial charge in [-0.15, -0.1) is 0 Å². The number of nitrogens with one attached hydrogen (secondary N) is 1. The largest absolute Gasteiger partial charge is 0.461 e. The molecule has 0 aliphatic carbocycles. The van der Waals surface area contributed by atoms with Crippen LogP contribution >= 0.6 is 0 Å². The molecule has 0 amide bonds. The normalized spacial score (nSPS) is 9.22. The fraction of sp³-hybridized carbons (Fsp3) is 0.667. The standard InChI is InChI=1S/C6H11NO2/c1-5(2)4-9-6(8)3-7/h3,5,7H,4H2,1-2H3. The van der Waals surface area contributed by atoms with E-state index in [4.69, 9.17) is 5.41 Å². The summed E-state index contributed by atoms with van der Waals surface area (Å²) < 4.78 is 4.57. The van der Waals surface area contributed by atoms with Gasteiger partial charge in [-0.05, 0) is 5.92 Å². The van der Waals surface area contributed by atoms with Gasteiger partial charge in [-0.3, -0.25) is 0 Å². The van der Waals surface area contributed by atoms with Crippen LogP contribution in [0.15, 0.2) is 0 Å². The van der Waals surface area contributed by atoms with Crippen molar-refractivity contribution < 1.29 is 9.53 Å². The van der Waals surface area contributed by atoms with Crippen LogP contribution < -0.4 is 0 Å². The van der Waals surface area contributed by atoms with E-state index in [1.807, 2.05) is 13.8 Å². The highest BCUT2D eigenvalue weighted by Crippen LogP contribution is 1.90. The molecule has 0 aromatic rings. The molecule has 0 aromatic heterocycles. The quantitative estimate of drug-likeness (QED) is 0.453. The lowest BCUT2D eigenvalue weighted by Crippen LogP contribution is -2.09. The molecule has 0 aliphatic rings. The SMILES string of the molecule is CC(C)COC(=O)C=N. The van der Waals surface area contributed by atoms with E-state index in [1.54, 1.807) is 0 Å². The van der Waals surface area contributed by atoms with Crippen molar-refractivity contribution in [3.63, 3.8) is 0 Å². The number of hydrogen-bond donors (Lipinski definition) is 1. The molecule has 0 spiro atoms. The fourth-order valence-corrected chi connectivity index (χ4v) is 0.290. The van der Waals surface area contributed by atoms with E-state index in [0.29, 0.717) is 18.7 Å². The van der Waals surface area contributed by atoms with E-state index in [-0.39, 0.29) is 0 Å². The van der Waals surface area contributed by atoms with Crippen LogP contribution in [-0.4, -0.2) is 18.8 Å². The van der Waals surface area contributed by atoms with Crippen molar-refractivity contribution in [2.75, 3.05) is 6.61 Å². The Kier molecular flexibility index (Phi) is 3.67. The highest BCUT2D eigenvalue weighted by Gasteiger charge is 1.97. The molecule has 0 saturated carbocycles. The average molecular weight is 129 g/mol. The van der Waals surface area contributed by atoms with Crippen LogP contribution in [0.2, 0.25) is 0 Å². The first-order chi connectivity index (χ1) is 4.16. The number of carbonyl (C=O) groups excluding carboxylic acids is 1. The molecule has 3 nitrogen and oxygen atoms in total. The van der Waals surface area contributed by atoms with Crippen LogP contribution in [0, 0.1) is 11.3 Å². The van der Waals surface area contributed by atoms with Crippen LogP contribution in [0.4, 0.5) is 0 Å². The second kappa shape index (κ2) is 4.06. The Morgan fingerprint density at radius 1 is 1.78 bits per heavy atom. The second-order valence-corrected chi connectivity index (χ2v) is 2.17. The lowest BCUT2D eigenvalue weighted by Gasteiger charge is -2.02. The molecular weight excluding hydrogens is 118 g/mol. The maximum atomic E-state index is 10.3. The second-order valence-electron chi connectivity index (χ2n) is 2.17. The third-order valence-electron chi connectivity index (χ3n) is 0.677. The van der Waals surface area contributed by atoms with Crippen LogP contribution in [0.3, 0.4) is 0 Å². The van der Waals surface area contributed by atoms with Crippen molar-refractivity contribution in [2.24, 2.45) is 5.92 Å². The van der Waals surface area contributed by atoms with Gasteiger partial charge in [0.1, 0.15) is 6.21 Å². The summed E-state index contributed by atoms with van der Waals surface area (Å²) in [6.45, 7) is 4.28. The van der Waals surface area contributed by atoms with E-state index < -0.39 is 5.97 Å². The Bertz CT molecular complexity index is 110. The molecule has 0 fully saturated rings. The topological polar surface area (TPSA) is 50.2 Å². The van der Waals surface area contributed by atoms with E-state index in [0.717, 1.165) is 0 Å². The van der Waals surface area contributed by atoms with Gasteiger partial charge >= 0.3 is 5.97 Å². The minimum atomic E-state index is -0.566. The lowest BCUT2D eigenvalue weighted by atomic mass is 10.2. The van der Waals surface area contributed by atoms with Crippen LogP contribution in [-0.2, 0) is 9.53 Å². The first-order valence-corrected chi connectivity index (χ1v) is 2.84. The molecule has 0 saturated heterocycles. The molecule has 0 unspecified atom stereocenters. The zero-order valence-corrected chi connectivity index (χ0v) is 5.68. The summed E-state index contributed by atoms with van der Waals surface area (Å²) in [5.41, 5.74) is 0. The van der Waals surface area contributed by atoms with E-state index in [1.165, 1.54) is 0 Å². The van der Waals surface area contributed by atoms with E-state index >= 15 is 0 Å². The van der Waals surface area contributed by atoms with E-state index in [9.17, 15) is 4.79 Å². The molecule has 0 atom stereocenters. The van der Waals surface area contributed by atoms with Gasteiger partial charge in [0.15, 0.2) is 0 Å². The first kappa shape index (κ1) is 8.14. The molecule has 9 heavy (non-hydrogen) atoms. The van der Waals surface area contributed by atoms with Crippen molar-refractivity contribution in [2.45, 2.75) is 13.8 Å². The van der Waals surface area contributed by atoms with Gasteiger partial charge in [0.05, 0.1) is 6.61 Å². The first-order valence-electron chi connectivity index (χ1n) is 2.84. The molecule has 0 bridgehead atoms.